The molecule has 0 saturated carbocycles. The van der Waals surface area contributed by atoms with Gasteiger partial charge in [0, 0.05) is 11.9 Å². The van der Waals surface area contributed by atoms with Gasteiger partial charge in [0.15, 0.2) is 0 Å². The maximum Gasteiger partial charge on any atom is 0.272 e. The molecule has 1 saturated heterocycles. The molecule has 1 amide bonds. The summed E-state index contributed by atoms with van der Waals surface area (Å²) in [5, 5.41) is 0.969. The molecule has 3 aromatic rings. The Kier molecular flexibility index (Phi) is 4.10. The van der Waals surface area contributed by atoms with E-state index in [0.717, 1.165) is 36.0 Å². The van der Waals surface area contributed by atoms with E-state index in [0.29, 0.717) is 5.69 Å². The van der Waals surface area contributed by atoms with Crippen molar-refractivity contribution in [3.05, 3.63) is 71.9 Å². The molecule has 126 valence electrons. The predicted molar refractivity (Wildman–Crippen MR) is 97.7 cm³/mol. The number of likely N-dealkylation sites (tertiary alicyclic amines) is 1. The van der Waals surface area contributed by atoms with Gasteiger partial charge in [0.2, 0.25) is 0 Å². The van der Waals surface area contributed by atoms with Crippen LogP contribution in [-0.4, -0.2) is 29.4 Å². The molecular weight excluding hydrogens is 312 g/mol. The Morgan fingerprint density at radius 3 is 2.76 bits per heavy atom. The Balaban J connectivity index is 1.64. The van der Waals surface area contributed by atoms with E-state index in [4.69, 9.17) is 4.74 Å². The molecule has 1 unspecified atom stereocenters. The highest BCUT2D eigenvalue weighted by Gasteiger charge is 2.31. The summed E-state index contributed by atoms with van der Waals surface area (Å²) in [5.74, 6) is 0.793. The monoisotopic (exact) mass is 332 g/mol. The highest BCUT2D eigenvalue weighted by molar-refractivity contribution is 5.95. The molecule has 2 aromatic carbocycles. The topological polar surface area (TPSA) is 42.4 Å². The van der Waals surface area contributed by atoms with Gasteiger partial charge in [-0.15, -0.1) is 0 Å². The molecule has 0 spiro atoms. The Morgan fingerprint density at radius 2 is 1.96 bits per heavy atom. The summed E-state index contributed by atoms with van der Waals surface area (Å²) in [7, 11) is 1.64. The maximum atomic E-state index is 13.0. The number of carbonyl (C=O) groups is 1. The molecule has 1 aliphatic heterocycles. The van der Waals surface area contributed by atoms with Crippen LogP contribution in [0.1, 0.15) is 34.9 Å². The van der Waals surface area contributed by atoms with Crippen LogP contribution in [0.25, 0.3) is 10.9 Å². The fraction of sp³-hybridized carbons (Fsp3) is 0.238. The predicted octanol–water partition coefficient (Wildman–Crippen LogP) is 4.22. The summed E-state index contributed by atoms with van der Waals surface area (Å²) < 4.78 is 5.24. The standard InChI is InChI=1S/C21H20N2O2/c1-25-17-10-12-18-16(14-17)9-11-19(22-18)21(24)23-13-5-8-20(23)15-6-3-2-4-7-15/h2-4,6-7,9-12,14,20H,5,8,13H2,1H3. The van der Waals surface area contributed by atoms with Crippen molar-refractivity contribution in [3.8, 4) is 5.75 Å². The van der Waals surface area contributed by atoms with Crippen LogP contribution in [-0.2, 0) is 0 Å². The first-order chi connectivity index (χ1) is 12.3. The average Bonchev–Trinajstić information content (AvgIpc) is 3.17. The number of rotatable bonds is 3. The van der Waals surface area contributed by atoms with Crippen LogP contribution in [0.5, 0.6) is 5.75 Å². The molecule has 1 fully saturated rings. The SMILES string of the molecule is COc1ccc2nc(C(=O)N3CCCC3c3ccccc3)ccc2c1. The van der Waals surface area contributed by atoms with Crippen LogP contribution in [0, 0.1) is 0 Å². The summed E-state index contributed by atoms with van der Waals surface area (Å²) in [5.41, 5.74) is 2.50. The van der Waals surface area contributed by atoms with Crippen LogP contribution in [0.15, 0.2) is 60.7 Å². The van der Waals surface area contributed by atoms with Crippen LogP contribution in [0.4, 0.5) is 0 Å². The van der Waals surface area contributed by atoms with Crippen molar-refractivity contribution in [1.29, 1.82) is 0 Å². The van der Waals surface area contributed by atoms with Crippen molar-refractivity contribution in [2.24, 2.45) is 0 Å². The second-order valence-electron chi connectivity index (χ2n) is 6.32. The third-order valence-corrected chi connectivity index (χ3v) is 4.81. The second kappa shape index (κ2) is 6.55. The zero-order valence-electron chi connectivity index (χ0n) is 14.2. The van der Waals surface area contributed by atoms with Crippen molar-refractivity contribution >= 4 is 16.8 Å². The minimum atomic E-state index is 0.00377. The summed E-state index contributed by atoms with van der Waals surface area (Å²) in [4.78, 5) is 19.6. The number of carbonyl (C=O) groups excluding carboxylic acids is 1. The van der Waals surface area contributed by atoms with E-state index in [-0.39, 0.29) is 11.9 Å². The first-order valence-corrected chi connectivity index (χ1v) is 8.57. The zero-order valence-corrected chi connectivity index (χ0v) is 14.2. The summed E-state index contributed by atoms with van der Waals surface area (Å²) in [6, 6.07) is 19.8. The van der Waals surface area contributed by atoms with E-state index >= 15 is 0 Å². The minimum absolute atomic E-state index is 0.00377. The van der Waals surface area contributed by atoms with E-state index in [1.165, 1.54) is 5.56 Å². The third-order valence-electron chi connectivity index (χ3n) is 4.81. The lowest BCUT2D eigenvalue weighted by atomic mass is 10.0. The summed E-state index contributed by atoms with van der Waals surface area (Å²) in [6.07, 6.45) is 2.02. The van der Waals surface area contributed by atoms with Gasteiger partial charge in [0.05, 0.1) is 18.7 Å². The lowest BCUT2D eigenvalue weighted by Gasteiger charge is -2.25. The van der Waals surface area contributed by atoms with Gasteiger partial charge < -0.3 is 9.64 Å². The fourth-order valence-electron chi connectivity index (χ4n) is 3.53. The number of pyridine rings is 1. The Bertz CT molecular complexity index is 908. The van der Waals surface area contributed by atoms with Crippen molar-refractivity contribution in [1.82, 2.24) is 9.88 Å². The summed E-state index contributed by atoms with van der Waals surface area (Å²) in [6.45, 7) is 0.778. The number of benzene rings is 2. The minimum Gasteiger partial charge on any atom is -0.497 e. The quantitative estimate of drug-likeness (QED) is 0.721. The van der Waals surface area contributed by atoms with Crippen molar-refractivity contribution in [3.63, 3.8) is 0 Å². The third kappa shape index (κ3) is 2.95. The highest BCUT2D eigenvalue weighted by atomic mass is 16.5. The van der Waals surface area contributed by atoms with Gasteiger partial charge in [-0.3, -0.25) is 4.79 Å². The molecule has 0 radical (unpaired) electrons. The number of aromatic nitrogens is 1. The Labute approximate surface area is 147 Å². The second-order valence-corrected chi connectivity index (χ2v) is 6.32. The molecule has 1 aliphatic rings. The Morgan fingerprint density at radius 1 is 1.12 bits per heavy atom. The molecule has 4 rings (SSSR count). The molecule has 0 aliphatic carbocycles. The van der Waals surface area contributed by atoms with Crippen LogP contribution >= 0.6 is 0 Å². The number of fused-ring (bicyclic) bond motifs is 1. The highest BCUT2D eigenvalue weighted by Crippen LogP contribution is 2.33. The molecular formula is C21H20N2O2. The fourth-order valence-corrected chi connectivity index (χ4v) is 3.53. The molecule has 2 heterocycles. The normalized spacial score (nSPS) is 17.0. The molecule has 0 bridgehead atoms. The maximum absolute atomic E-state index is 13.0. The number of amides is 1. The lowest BCUT2D eigenvalue weighted by Crippen LogP contribution is -2.31. The van der Waals surface area contributed by atoms with Gasteiger partial charge in [-0.1, -0.05) is 36.4 Å². The lowest BCUT2D eigenvalue weighted by molar-refractivity contribution is 0.0730. The van der Waals surface area contributed by atoms with Gasteiger partial charge >= 0.3 is 0 Å². The molecule has 1 atom stereocenters. The number of ether oxygens (including phenoxy) is 1. The van der Waals surface area contributed by atoms with Crippen LogP contribution < -0.4 is 4.74 Å². The molecule has 25 heavy (non-hydrogen) atoms. The molecule has 1 aromatic heterocycles. The van der Waals surface area contributed by atoms with Crippen molar-refractivity contribution < 1.29 is 9.53 Å². The zero-order chi connectivity index (χ0) is 17.2. The Hall–Kier alpha value is -2.88. The van der Waals surface area contributed by atoms with E-state index in [2.05, 4.69) is 17.1 Å². The van der Waals surface area contributed by atoms with E-state index < -0.39 is 0 Å². The van der Waals surface area contributed by atoms with Crippen LogP contribution in [0.3, 0.4) is 0 Å². The molecule has 0 N–H and O–H groups in total. The smallest absolute Gasteiger partial charge is 0.272 e. The largest absolute Gasteiger partial charge is 0.497 e. The molecule has 4 nitrogen and oxygen atoms in total. The number of hydrogen-bond acceptors (Lipinski definition) is 3. The van der Waals surface area contributed by atoms with Gasteiger partial charge in [0.25, 0.3) is 5.91 Å². The average molecular weight is 332 g/mol. The first-order valence-electron chi connectivity index (χ1n) is 8.57. The van der Waals surface area contributed by atoms with Gasteiger partial charge in [-0.25, -0.2) is 4.98 Å². The van der Waals surface area contributed by atoms with Gasteiger partial charge in [-0.2, -0.15) is 0 Å². The number of hydrogen-bond donors (Lipinski definition) is 0. The first kappa shape index (κ1) is 15.6. The number of methoxy groups -OCH3 is 1. The summed E-state index contributed by atoms with van der Waals surface area (Å²) >= 11 is 0. The van der Waals surface area contributed by atoms with Gasteiger partial charge in [-0.05, 0) is 42.7 Å². The number of nitrogens with zero attached hydrogens (tertiary/aromatic N) is 2. The van der Waals surface area contributed by atoms with E-state index in [9.17, 15) is 4.79 Å². The van der Waals surface area contributed by atoms with Gasteiger partial charge in [0.1, 0.15) is 11.4 Å². The van der Waals surface area contributed by atoms with Crippen molar-refractivity contribution in [2.45, 2.75) is 18.9 Å². The molecule has 4 heteroatoms. The van der Waals surface area contributed by atoms with Crippen LogP contribution in [0.2, 0.25) is 0 Å². The van der Waals surface area contributed by atoms with E-state index in [1.54, 1.807) is 7.11 Å². The van der Waals surface area contributed by atoms with Crippen molar-refractivity contribution in [2.75, 3.05) is 13.7 Å². The van der Waals surface area contributed by atoms with E-state index in [1.807, 2.05) is 53.4 Å².